The second kappa shape index (κ2) is 7.34. The SMILES string of the molecule is Cc1ccc(-c2ccc(C3[C@H]4CNC[C@@H]3N4S(=O)(=O)c3ccc(C)cc3)cc2)cc1. The zero-order chi connectivity index (χ0) is 20.9. The molecule has 0 amide bonds. The van der Waals surface area contributed by atoms with Crippen LogP contribution in [0.3, 0.4) is 0 Å². The van der Waals surface area contributed by atoms with Crippen LogP contribution in [-0.2, 0) is 10.0 Å². The molecule has 2 aliphatic rings. The van der Waals surface area contributed by atoms with Crippen LogP contribution in [0.25, 0.3) is 11.1 Å². The van der Waals surface area contributed by atoms with Crippen LogP contribution in [-0.4, -0.2) is 37.9 Å². The number of nitrogens with zero attached hydrogens (tertiary/aromatic N) is 1. The molecule has 0 radical (unpaired) electrons. The molecule has 1 N–H and O–H groups in total. The Labute approximate surface area is 178 Å². The van der Waals surface area contributed by atoms with E-state index >= 15 is 0 Å². The molecule has 2 saturated heterocycles. The summed E-state index contributed by atoms with van der Waals surface area (Å²) in [6.45, 7) is 5.43. The maximum Gasteiger partial charge on any atom is 0.243 e. The highest BCUT2D eigenvalue weighted by atomic mass is 32.2. The van der Waals surface area contributed by atoms with E-state index in [-0.39, 0.29) is 18.0 Å². The molecule has 3 aromatic rings. The standard InChI is InChI=1S/C25H26N2O2S/c1-17-3-7-19(8-4-17)20-9-11-21(12-10-20)25-23-15-26-16-24(25)27(23)30(28,29)22-13-5-18(2)6-14-22/h3-14,23-26H,15-16H2,1-2H3/t23-,24+,25?. The average Bonchev–Trinajstić information content (AvgIpc) is 2.75. The molecule has 5 heteroatoms. The van der Waals surface area contributed by atoms with Gasteiger partial charge in [0.25, 0.3) is 0 Å². The summed E-state index contributed by atoms with van der Waals surface area (Å²) in [6.07, 6.45) is 0. The first-order valence-electron chi connectivity index (χ1n) is 10.4. The van der Waals surface area contributed by atoms with E-state index in [1.807, 2.05) is 19.1 Å². The maximum absolute atomic E-state index is 13.3. The van der Waals surface area contributed by atoms with Gasteiger partial charge in [-0.2, -0.15) is 4.31 Å². The Bertz CT molecular complexity index is 1140. The molecule has 0 aliphatic carbocycles. The summed E-state index contributed by atoms with van der Waals surface area (Å²) in [6, 6.07) is 24.3. The minimum absolute atomic E-state index is 0.0414. The van der Waals surface area contributed by atoms with Crippen molar-refractivity contribution in [2.45, 2.75) is 36.7 Å². The van der Waals surface area contributed by atoms with Crippen molar-refractivity contribution in [3.63, 3.8) is 0 Å². The normalized spacial score (nSPS) is 23.7. The van der Waals surface area contributed by atoms with E-state index in [1.54, 1.807) is 16.4 Å². The van der Waals surface area contributed by atoms with Crippen molar-refractivity contribution in [1.82, 2.24) is 9.62 Å². The molecule has 5 rings (SSSR count). The van der Waals surface area contributed by atoms with Crippen LogP contribution in [0.15, 0.2) is 77.7 Å². The third-order valence-electron chi connectivity index (χ3n) is 6.47. The van der Waals surface area contributed by atoms with Gasteiger partial charge in [0.15, 0.2) is 0 Å². The second-order valence-electron chi connectivity index (χ2n) is 8.45. The molecule has 1 unspecified atom stereocenters. The molecule has 2 heterocycles. The van der Waals surface area contributed by atoms with E-state index in [4.69, 9.17) is 0 Å². The van der Waals surface area contributed by atoms with Gasteiger partial charge < -0.3 is 5.32 Å². The first-order valence-corrected chi connectivity index (χ1v) is 11.9. The van der Waals surface area contributed by atoms with Crippen molar-refractivity contribution < 1.29 is 8.42 Å². The van der Waals surface area contributed by atoms with Crippen LogP contribution in [0.5, 0.6) is 0 Å². The van der Waals surface area contributed by atoms with Crippen molar-refractivity contribution in [1.29, 1.82) is 0 Å². The van der Waals surface area contributed by atoms with Gasteiger partial charge in [-0.25, -0.2) is 8.42 Å². The van der Waals surface area contributed by atoms with Crippen LogP contribution >= 0.6 is 0 Å². The highest BCUT2D eigenvalue weighted by molar-refractivity contribution is 7.89. The van der Waals surface area contributed by atoms with Gasteiger partial charge in [0.05, 0.1) is 4.90 Å². The smallest absolute Gasteiger partial charge is 0.243 e. The van der Waals surface area contributed by atoms with E-state index in [9.17, 15) is 8.42 Å². The number of hydrogen-bond donors (Lipinski definition) is 1. The summed E-state index contributed by atoms with van der Waals surface area (Å²) in [5, 5.41) is 3.38. The van der Waals surface area contributed by atoms with Gasteiger partial charge >= 0.3 is 0 Å². The molecule has 0 aromatic heterocycles. The van der Waals surface area contributed by atoms with Gasteiger partial charge in [-0.3, -0.25) is 0 Å². The Morgan fingerprint density at radius 2 is 1.20 bits per heavy atom. The van der Waals surface area contributed by atoms with Crippen molar-refractivity contribution in [3.05, 3.63) is 89.5 Å². The lowest BCUT2D eigenvalue weighted by Gasteiger charge is -2.57. The Morgan fingerprint density at radius 3 is 1.73 bits per heavy atom. The fraction of sp³-hybridized carbons (Fsp3) is 0.280. The van der Waals surface area contributed by atoms with Crippen molar-refractivity contribution in [3.8, 4) is 11.1 Å². The molecule has 0 saturated carbocycles. The van der Waals surface area contributed by atoms with Crippen molar-refractivity contribution >= 4 is 10.0 Å². The van der Waals surface area contributed by atoms with E-state index in [0.717, 1.165) is 5.56 Å². The number of nitrogens with one attached hydrogen (secondary N) is 1. The third kappa shape index (κ3) is 3.18. The highest BCUT2D eigenvalue weighted by Crippen LogP contribution is 2.46. The molecule has 2 bridgehead atoms. The fourth-order valence-electron chi connectivity index (χ4n) is 4.81. The Balaban J connectivity index is 1.40. The maximum atomic E-state index is 13.3. The summed E-state index contributed by atoms with van der Waals surface area (Å²) >= 11 is 0. The predicted molar refractivity (Wildman–Crippen MR) is 120 cm³/mol. The highest BCUT2D eigenvalue weighted by Gasteiger charge is 2.56. The summed E-state index contributed by atoms with van der Waals surface area (Å²) in [4.78, 5) is 0.387. The van der Waals surface area contributed by atoms with Crippen LogP contribution in [0.1, 0.15) is 22.6 Å². The first-order chi connectivity index (χ1) is 14.4. The van der Waals surface area contributed by atoms with Crippen molar-refractivity contribution in [2.75, 3.05) is 13.1 Å². The van der Waals surface area contributed by atoms with Gasteiger partial charge in [-0.05, 0) is 42.7 Å². The quantitative estimate of drug-likeness (QED) is 0.694. The van der Waals surface area contributed by atoms with Crippen LogP contribution in [0, 0.1) is 13.8 Å². The fourth-order valence-corrected chi connectivity index (χ4v) is 6.65. The third-order valence-corrected chi connectivity index (χ3v) is 8.43. The van der Waals surface area contributed by atoms with E-state index in [1.165, 1.54) is 22.3 Å². The zero-order valence-electron chi connectivity index (χ0n) is 17.2. The Kier molecular flexibility index (Phi) is 4.77. The molecule has 0 spiro atoms. The van der Waals surface area contributed by atoms with E-state index < -0.39 is 10.0 Å². The average molecular weight is 419 g/mol. The van der Waals surface area contributed by atoms with Gasteiger partial charge in [0.2, 0.25) is 10.0 Å². The van der Waals surface area contributed by atoms with E-state index in [0.29, 0.717) is 18.0 Å². The number of sulfonamides is 1. The summed E-state index contributed by atoms with van der Waals surface area (Å²) in [5.41, 5.74) is 5.92. The minimum atomic E-state index is -3.48. The molecule has 154 valence electrons. The number of rotatable bonds is 4. The molecule has 3 aromatic carbocycles. The lowest BCUT2D eigenvalue weighted by molar-refractivity contribution is 0.0370. The Hall–Kier alpha value is -2.47. The summed E-state index contributed by atoms with van der Waals surface area (Å²) in [5.74, 6) is 0.235. The van der Waals surface area contributed by atoms with Gasteiger partial charge in [-0.1, -0.05) is 71.8 Å². The monoisotopic (exact) mass is 418 g/mol. The first kappa shape index (κ1) is 19.5. The zero-order valence-corrected chi connectivity index (χ0v) is 18.1. The number of hydrogen-bond acceptors (Lipinski definition) is 3. The molecule has 2 fully saturated rings. The van der Waals surface area contributed by atoms with Gasteiger partial charge in [0, 0.05) is 31.1 Å². The number of fused-ring (bicyclic) bond motifs is 2. The van der Waals surface area contributed by atoms with Gasteiger partial charge in [-0.15, -0.1) is 0 Å². The molecule has 3 atom stereocenters. The summed E-state index contributed by atoms with van der Waals surface area (Å²) < 4.78 is 28.3. The predicted octanol–water partition coefficient (Wildman–Crippen LogP) is 4.10. The summed E-state index contributed by atoms with van der Waals surface area (Å²) in [7, 11) is -3.48. The number of aryl methyl sites for hydroxylation is 2. The van der Waals surface area contributed by atoms with E-state index in [2.05, 4.69) is 60.8 Å². The van der Waals surface area contributed by atoms with Gasteiger partial charge in [0.1, 0.15) is 0 Å². The molecular formula is C25H26N2O2S. The number of benzene rings is 3. The molecular weight excluding hydrogens is 392 g/mol. The van der Waals surface area contributed by atoms with Crippen molar-refractivity contribution in [2.24, 2.45) is 0 Å². The van der Waals surface area contributed by atoms with Crippen LogP contribution in [0.4, 0.5) is 0 Å². The molecule has 2 aliphatic heterocycles. The van der Waals surface area contributed by atoms with Crippen LogP contribution < -0.4 is 5.32 Å². The lowest BCUT2D eigenvalue weighted by Crippen LogP contribution is -2.73. The minimum Gasteiger partial charge on any atom is -0.313 e. The van der Waals surface area contributed by atoms with Crippen LogP contribution in [0.2, 0.25) is 0 Å². The topological polar surface area (TPSA) is 49.4 Å². The number of piperidine rings is 1. The Morgan fingerprint density at radius 1 is 0.733 bits per heavy atom. The molecule has 4 nitrogen and oxygen atoms in total. The molecule has 30 heavy (non-hydrogen) atoms. The lowest BCUT2D eigenvalue weighted by atomic mass is 9.74. The number of piperazine rings is 1. The largest absolute Gasteiger partial charge is 0.313 e. The second-order valence-corrected chi connectivity index (χ2v) is 10.3.